The molecule has 1 heterocycles. The SMILES string of the molecule is CCCN(CCN(CCC)CC(=O)OC(C)(C)C)CC(=O)NCc1cc(S[At])cc(C2=NNC=NN2)c1. The average Bonchev–Trinajstić information content (AvgIpc) is 2.85. The maximum atomic E-state index is 12.8. The fourth-order valence-corrected chi connectivity index (χ4v) is 5.19. The Balaban J connectivity index is 1.92. The van der Waals surface area contributed by atoms with Crippen LogP contribution in [0.4, 0.5) is 0 Å². The Morgan fingerprint density at radius 1 is 1.05 bits per heavy atom. The Labute approximate surface area is 238 Å². The Morgan fingerprint density at radius 2 is 1.73 bits per heavy atom. The summed E-state index contributed by atoms with van der Waals surface area (Å²) in [4.78, 5) is 30.5. The molecule has 0 aromatic heterocycles. The number of hydrazone groups is 2. The van der Waals surface area contributed by atoms with Gasteiger partial charge in [-0.05, 0) is 33.7 Å². The molecule has 37 heavy (non-hydrogen) atoms. The number of hydrogen-bond acceptors (Lipinski definition) is 10. The number of ether oxygens (including phenoxy) is 1. The van der Waals surface area contributed by atoms with Crippen molar-refractivity contribution in [1.82, 2.24) is 26.0 Å². The quantitative estimate of drug-likeness (QED) is 0.237. The van der Waals surface area contributed by atoms with Crippen LogP contribution in [0.2, 0.25) is 0 Å². The van der Waals surface area contributed by atoms with Gasteiger partial charge < -0.3 is 4.74 Å². The third kappa shape index (κ3) is 12.6. The number of amides is 1. The first kappa shape index (κ1) is 31.5. The Hall–Kier alpha value is -1.75. The number of carbonyl (C=O) groups is 2. The van der Waals surface area contributed by atoms with Crippen molar-refractivity contribution >= 4 is 32.6 Å². The molecule has 1 aliphatic heterocycles. The number of nitrogens with one attached hydrogen (secondary N) is 3. The van der Waals surface area contributed by atoms with E-state index in [2.05, 4.69) is 56.1 Å². The minimum atomic E-state index is -0.497. The molecule has 0 spiro atoms. The molecular formula is C25H40AtN7O3S. The predicted molar refractivity (Wildman–Crippen MR) is 145 cm³/mol. The van der Waals surface area contributed by atoms with Gasteiger partial charge >= 0.3 is 177 Å². The summed E-state index contributed by atoms with van der Waals surface area (Å²) in [5.74, 6) is 0.391. The number of hydrogen-bond donors (Lipinski definition) is 3. The van der Waals surface area contributed by atoms with Gasteiger partial charge in [0.1, 0.15) is 5.60 Å². The van der Waals surface area contributed by atoms with Gasteiger partial charge in [-0.1, -0.05) is 6.92 Å². The van der Waals surface area contributed by atoms with Gasteiger partial charge in [-0.2, -0.15) is 0 Å². The molecule has 0 fully saturated rings. The van der Waals surface area contributed by atoms with Crippen molar-refractivity contribution in [1.29, 1.82) is 0 Å². The van der Waals surface area contributed by atoms with E-state index in [1.165, 1.54) is 6.34 Å². The van der Waals surface area contributed by atoms with Crippen LogP contribution in [0.5, 0.6) is 0 Å². The number of benzene rings is 1. The Bertz CT molecular complexity index is 953. The van der Waals surface area contributed by atoms with Gasteiger partial charge in [0.2, 0.25) is 0 Å². The van der Waals surface area contributed by atoms with Gasteiger partial charge in [0.25, 0.3) is 0 Å². The molecule has 10 nitrogen and oxygen atoms in total. The summed E-state index contributed by atoms with van der Waals surface area (Å²) >= 11 is 1.60. The molecule has 0 saturated heterocycles. The Kier molecular flexibility index (Phi) is 13.8. The summed E-state index contributed by atoms with van der Waals surface area (Å²) in [6, 6.07) is 6.13. The third-order valence-electron chi connectivity index (χ3n) is 5.24. The van der Waals surface area contributed by atoms with E-state index < -0.39 is 5.60 Å². The fraction of sp³-hybridized carbons (Fsp3) is 0.600. The van der Waals surface area contributed by atoms with Gasteiger partial charge in [-0.25, -0.2) is 0 Å². The second-order valence-corrected chi connectivity index (χ2v) is 12.2. The van der Waals surface area contributed by atoms with Gasteiger partial charge in [0.05, 0.1) is 6.54 Å². The minimum absolute atomic E-state index is 0.0260. The standard InChI is InChI=1S/C25H40AtN7O3S/c1-6-8-32(10-11-33(9-7-2)17-23(35)36-25(3,4)5)16-22(34)27-15-19-12-20(14-21(13-19)37-26)24-30-28-18-29-31-24/h12-14,18H,6-11,15-17H2,1-5H3,(H,27,34)(H,28,29)(H,30,31). The number of amidine groups is 1. The summed E-state index contributed by atoms with van der Waals surface area (Å²) in [6.45, 7) is 13.9. The number of rotatable bonds is 15. The third-order valence-corrected chi connectivity index (χ3v) is 7.73. The van der Waals surface area contributed by atoms with E-state index >= 15 is 0 Å². The van der Waals surface area contributed by atoms with Crippen molar-refractivity contribution in [3.63, 3.8) is 0 Å². The van der Waals surface area contributed by atoms with Crippen LogP contribution in [0.15, 0.2) is 33.3 Å². The van der Waals surface area contributed by atoms with Gasteiger partial charge in [0, 0.05) is 0 Å². The van der Waals surface area contributed by atoms with Crippen LogP contribution in [0.3, 0.4) is 0 Å². The molecule has 1 amide bonds. The molecule has 12 heteroatoms. The van der Waals surface area contributed by atoms with Crippen LogP contribution >= 0.6 is 8.52 Å². The number of nitrogens with zero attached hydrogens (tertiary/aromatic N) is 4. The van der Waals surface area contributed by atoms with Gasteiger partial charge in [0.15, 0.2) is 0 Å². The van der Waals surface area contributed by atoms with E-state index in [-0.39, 0.29) is 18.4 Å². The molecule has 0 bridgehead atoms. The first-order valence-electron chi connectivity index (χ1n) is 12.6. The predicted octanol–water partition coefficient (Wildman–Crippen LogP) is 2.42. The van der Waals surface area contributed by atoms with E-state index in [0.29, 0.717) is 32.0 Å². The van der Waals surface area contributed by atoms with E-state index in [9.17, 15) is 9.59 Å². The zero-order chi connectivity index (χ0) is 27.3. The fourth-order valence-electron chi connectivity index (χ4n) is 3.78. The van der Waals surface area contributed by atoms with Gasteiger partial charge in [-0.15, -0.1) is 0 Å². The van der Waals surface area contributed by atoms with Crippen molar-refractivity contribution in [2.75, 3.05) is 39.3 Å². The van der Waals surface area contributed by atoms with Crippen LogP contribution in [0.1, 0.15) is 58.6 Å². The molecule has 1 aromatic rings. The van der Waals surface area contributed by atoms with Crippen molar-refractivity contribution in [3.05, 3.63) is 29.3 Å². The Morgan fingerprint density at radius 3 is 2.30 bits per heavy atom. The summed E-state index contributed by atoms with van der Waals surface area (Å²) in [6.07, 6.45) is 3.37. The second kappa shape index (κ2) is 16.3. The molecule has 0 radical (unpaired) electrons. The van der Waals surface area contributed by atoms with E-state index in [4.69, 9.17) is 4.74 Å². The van der Waals surface area contributed by atoms with Crippen molar-refractivity contribution in [2.24, 2.45) is 10.2 Å². The van der Waals surface area contributed by atoms with Crippen molar-refractivity contribution in [2.45, 2.75) is 64.5 Å². The second-order valence-electron chi connectivity index (χ2n) is 9.82. The van der Waals surface area contributed by atoms with Crippen LogP contribution in [-0.2, 0) is 20.9 Å². The zero-order valence-electron chi connectivity index (χ0n) is 22.5. The summed E-state index contributed by atoms with van der Waals surface area (Å²) < 4.78 is 5.49. The van der Waals surface area contributed by atoms with Crippen molar-refractivity contribution in [3.8, 4) is 0 Å². The topological polar surface area (TPSA) is 111 Å². The van der Waals surface area contributed by atoms with E-state index in [0.717, 1.165) is 42.0 Å². The summed E-state index contributed by atoms with van der Waals surface area (Å²) in [7, 11) is 1.69. The number of carbonyl (C=O) groups excluding carboxylic acids is 2. The van der Waals surface area contributed by atoms with Crippen LogP contribution in [-0.4, -0.2) is 78.7 Å². The van der Waals surface area contributed by atoms with Crippen molar-refractivity contribution < 1.29 is 37.6 Å². The molecule has 0 aliphatic carbocycles. The normalized spacial score (nSPS) is 13.2. The molecule has 1 aromatic carbocycles. The molecule has 2 rings (SSSR count). The van der Waals surface area contributed by atoms with E-state index in [1.807, 2.05) is 32.9 Å². The van der Waals surface area contributed by atoms with Gasteiger partial charge in [-0.3, -0.25) is 4.79 Å². The molecular weight excluding hydrogens is 688 g/mol. The number of esters is 1. The van der Waals surface area contributed by atoms with Crippen LogP contribution in [0, 0.1) is 23.3 Å². The molecule has 0 unspecified atom stereocenters. The van der Waals surface area contributed by atoms with Crippen LogP contribution in [0.25, 0.3) is 0 Å². The molecule has 1 aliphatic rings. The molecule has 0 atom stereocenters. The summed E-state index contributed by atoms with van der Waals surface area (Å²) in [5, 5.41) is 11.3. The molecule has 0 saturated carbocycles. The van der Waals surface area contributed by atoms with E-state index in [1.54, 1.807) is 31.8 Å². The molecule has 206 valence electrons. The average molecular weight is 729 g/mol. The first-order chi connectivity index (χ1) is 17.6. The first-order valence-corrected chi connectivity index (χ1v) is 16.9. The monoisotopic (exact) mass is 728 g/mol. The maximum absolute atomic E-state index is 12.8. The molecule has 3 N–H and O–H groups in total. The summed E-state index contributed by atoms with van der Waals surface area (Å²) in [5.41, 5.74) is 7.05. The zero-order valence-corrected chi connectivity index (χ0v) is 26.2. The van der Waals surface area contributed by atoms with Crippen LogP contribution < -0.4 is 16.2 Å².